The topological polar surface area (TPSA) is 136 Å². The molecule has 9 nitrogen and oxygen atoms in total. The second-order valence-electron chi connectivity index (χ2n) is 7.63. The summed E-state index contributed by atoms with van der Waals surface area (Å²) in [6.45, 7) is 4.13. The van der Waals surface area contributed by atoms with E-state index in [1.165, 1.54) is 24.3 Å². The molecule has 2 aromatic carbocycles. The van der Waals surface area contributed by atoms with Gasteiger partial charge in [0.1, 0.15) is 6.54 Å². The van der Waals surface area contributed by atoms with E-state index in [2.05, 4.69) is 0 Å². The Morgan fingerprint density at radius 1 is 0.824 bits per heavy atom. The average molecular weight is 492 g/mol. The number of carbonyl (C=O) groups is 4. The molecular weight excluding hydrogens is 466 g/mol. The van der Waals surface area contributed by atoms with Gasteiger partial charge in [-0.25, -0.2) is 14.4 Å². The van der Waals surface area contributed by atoms with E-state index in [1.54, 1.807) is 36.4 Å². The molecule has 0 unspecified atom stereocenters. The van der Waals surface area contributed by atoms with E-state index in [4.69, 9.17) is 25.8 Å². The van der Waals surface area contributed by atoms with Gasteiger partial charge in [0.2, 0.25) is 6.10 Å². The summed E-state index contributed by atoms with van der Waals surface area (Å²) in [5.74, 6) is -5.33. The van der Waals surface area contributed by atoms with Crippen LogP contribution in [0.3, 0.4) is 0 Å². The Bertz CT molecular complexity index is 967. The van der Waals surface area contributed by atoms with Crippen LogP contribution in [0.2, 0.25) is 0 Å². The first-order valence-corrected chi connectivity index (χ1v) is 11.1. The highest BCUT2D eigenvalue weighted by Gasteiger charge is 2.39. The number of rotatable bonds is 12. The zero-order valence-electron chi connectivity index (χ0n) is 18.7. The summed E-state index contributed by atoms with van der Waals surface area (Å²) in [4.78, 5) is 49.9. The number of alkyl halides is 1. The van der Waals surface area contributed by atoms with Gasteiger partial charge in [0.25, 0.3) is 0 Å². The molecule has 0 aliphatic carbocycles. The van der Waals surface area contributed by atoms with E-state index in [-0.39, 0.29) is 29.6 Å². The van der Waals surface area contributed by atoms with Gasteiger partial charge < -0.3 is 29.4 Å². The third-order valence-electron chi connectivity index (χ3n) is 4.55. The van der Waals surface area contributed by atoms with Gasteiger partial charge in [-0.3, -0.25) is 0 Å². The fourth-order valence-corrected chi connectivity index (χ4v) is 2.97. The third kappa shape index (κ3) is 8.17. The van der Waals surface area contributed by atoms with Gasteiger partial charge in [-0.2, -0.15) is 0 Å². The lowest BCUT2D eigenvalue weighted by Gasteiger charge is -2.27. The van der Waals surface area contributed by atoms with Crippen LogP contribution in [0.15, 0.2) is 60.7 Å². The molecule has 0 radical (unpaired) electrons. The molecule has 0 fully saturated rings. The number of hydrogen-bond acceptors (Lipinski definition) is 8. The van der Waals surface area contributed by atoms with E-state index >= 15 is 0 Å². The van der Waals surface area contributed by atoms with Crippen molar-refractivity contribution in [3.63, 3.8) is 0 Å². The number of ether oxygens (including phenoxy) is 3. The smallest absolute Gasteiger partial charge is 0.352 e. The molecule has 2 rings (SSSR count). The van der Waals surface area contributed by atoms with Crippen molar-refractivity contribution in [2.24, 2.45) is 0 Å². The number of quaternary nitrogens is 1. The predicted octanol–water partition coefficient (Wildman–Crippen LogP) is 0.310. The van der Waals surface area contributed by atoms with Crippen LogP contribution in [-0.2, 0) is 23.8 Å². The number of aliphatic carboxylic acids is 1. The Kier molecular flexibility index (Phi) is 10.5. The van der Waals surface area contributed by atoms with E-state index in [0.29, 0.717) is 0 Å². The molecule has 0 saturated heterocycles. The quantitative estimate of drug-likeness (QED) is 0.254. The Morgan fingerprint density at radius 3 is 1.71 bits per heavy atom. The Labute approximate surface area is 202 Å². The Hall–Kier alpha value is -3.43. The summed E-state index contributed by atoms with van der Waals surface area (Å²) in [5, 5.41) is 13.7. The zero-order valence-corrected chi connectivity index (χ0v) is 19.5. The zero-order chi connectivity index (χ0) is 25.1. The lowest BCUT2D eigenvalue weighted by atomic mass is 10.1. The molecule has 0 aromatic heterocycles. The summed E-state index contributed by atoms with van der Waals surface area (Å²) < 4.78 is 15.5. The van der Waals surface area contributed by atoms with Crippen molar-refractivity contribution in [1.29, 1.82) is 0 Å². The van der Waals surface area contributed by atoms with Crippen molar-refractivity contribution in [3.05, 3.63) is 71.8 Å². The monoisotopic (exact) mass is 491 g/mol. The van der Waals surface area contributed by atoms with Gasteiger partial charge in [-0.15, -0.1) is 11.6 Å². The minimum atomic E-state index is -2.27. The van der Waals surface area contributed by atoms with Crippen LogP contribution in [0.1, 0.15) is 34.6 Å². The highest BCUT2D eigenvalue weighted by Crippen LogP contribution is 2.15. The Balaban J connectivity index is 2.30. The number of carboxylic acids is 1. The molecule has 0 saturated carbocycles. The van der Waals surface area contributed by atoms with Crippen molar-refractivity contribution in [3.8, 4) is 0 Å². The van der Waals surface area contributed by atoms with Crippen LogP contribution in [0, 0.1) is 0 Å². The molecule has 0 bridgehead atoms. The van der Waals surface area contributed by atoms with Crippen LogP contribution >= 0.6 is 11.6 Å². The fourth-order valence-electron chi connectivity index (χ4n) is 2.78. The molecule has 2 aromatic rings. The fraction of sp³-hybridized carbons (Fsp3) is 0.333. The lowest BCUT2D eigenvalue weighted by molar-refractivity contribution is -0.687. The van der Waals surface area contributed by atoms with Crippen molar-refractivity contribution in [1.82, 2.24) is 0 Å². The number of benzene rings is 2. The summed E-state index contributed by atoms with van der Waals surface area (Å²) in [6.07, 6.45) is -5.21. The lowest BCUT2D eigenvalue weighted by Crippen LogP contribution is -2.90. The second-order valence-corrected chi connectivity index (χ2v) is 7.94. The second kappa shape index (κ2) is 13.3. The number of halogens is 1. The maximum absolute atomic E-state index is 12.9. The molecule has 0 aliphatic heterocycles. The number of esters is 3. The predicted molar refractivity (Wildman–Crippen MR) is 119 cm³/mol. The van der Waals surface area contributed by atoms with Crippen LogP contribution in [0.25, 0.3) is 0 Å². The largest absolute Gasteiger partial charge is 0.546 e. The van der Waals surface area contributed by atoms with Gasteiger partial charge in [0, 0.05) is 0 Å². The van der Waals surface area contributed by atoms with Crippen molar-refractivity contribution in [2.45, 2.75) is 38.2 Å². The highest BCUT2D eigenvalue weighted by atomic mass is 35.5. The van der Waals surface area contributed by atoms with E-state index < -0.39 is 42.2 Å². The number of carboxylic acid groups (broad SMARTS) is 1. The highest BCUT2D eigenvalue weighted by molar-refractivity contribution is 6.18. The van der Waals surface area contributed by atoms with Crippen LogP contribution in [0.4, 0.5) is 0 Å². The summed E-state index contributed by atoms with van der Waals surface area (Å²) in [6, 6.07) is 15.3. The van der Waals surface area contributed by atoms with Gasteiger partial charge in [-0.05, 0) is 38.1 Å². The molecule has 3 atom stereocenters. The molecular formula is C24H26ClNO8. The first-order valence-electron chi connectivity index (χ1n) is 10.6. The van der Waals surface area contributed by atoms with Crippen molar-refractivity contribution >= 4 is 35.5 Å². The van der Waals surface area contributed by atoms with Crippen molar-refractivity contribution in [2.75, 3.05) is 12.4 Å². The summed E-state index contributed by atoms with van der Waals surface area (Å²) in [7, 11) is 0. The minimum absolute atomic E-state index is 0.0282. The number of carbonyl (C=O) groups excluding carboxylic acids is 4. The molecule has 0 heterocycles. The molecule has 0 aliphatic rings. The van der Waals surface area contributed by atoms with Gasteiger partial charge in [0.05, 0.1) is 29.0 Å². The average Bonchev–Trinajstić information content (AvgIpc) is 2.84. The summed E-state index contributed by atoms with van der Waals surface area (Å²) in [5.41, 5.74) is 0.0780. The van der Waals surface area contributed by atoms with Crippen molar-refractivity contribution < 1.29 is 43.8 Å². The van der Waals surface area contributed by atoms with Gasteiger partial charge in [-0.1, -0.05) is 36.4 Å². The molecule has 10 heteroatoms. The Morgan fingerprint density at radius 2 is 1.29 bits per heavy atom. The van der Waals surface area contributed by atoms with E-state index in [9.17, 15) is 24.3 Å². The van der Waals surface area contributed by atoms with Crippen LogP contribution < -0.4 is 10.4 Å². The van der Waals surface area contributed by atoms with E-state index in [0.717, 1.165) is 0 Å². The first kappa shape index (κ1) is 26.8. The van der Waals surface area contributed by atoms with Crippen LogP contribution in [0.5, 0.6) is 0 Å². The molecule has 2 N–H and O–H groups in total. The maximum atomic E-state index is 12.9. The van der Waals surface area contributed by atoms with Gasteiger partial charge >= 0.3 is 17.9 Å². The number of nitrogens with two attached hydrogens (primary N) is 1. The summed E-state index contributed by atoms with van der Waals surface area (Å²) >= 11 is 5.89. The maximum Gasteiger partial charge on any atom is 0.352 e. The first-order chi connectivity index (χ1) is 16.2. The minimum Gasteiger partial charge on any atom is -0.546 e. The standard InChI is InChI=1S/C24H26ClNO8/c1-15(2)26-14-18(13-25)32-24(31)20(34-23(30)17-11-7-4-8-12-17)19(21(27)28)33-22(29)16-9-5-3-6-10-16/h3-12,15,18-20,26H,13-14H2,1-2H3,(H,27,28)/t18-,19+,20-/m0/s1. The SMILES string of the molecule is CC(C)[NH2+]C[C@H](CCl)OC(=O)[C@@H](OC(=O)c1ccccc1)[C@@H](OC(=O)c1ccccc1)C(=O)[O-]. The van der Waals surface area contributed by atoms with Gasteiger partial charge in [0.15, 0.2) is 12.2 Å². The normalized spacial score (nSPS) is 13.4. The number of hydrogen-bond donors (Lipinski definition) is 1. The molecule has 0 amide bonds. The van der Waals surface area contributed by atoms with E-state index in [1.807, 2.05) is 19.2 Å². The molecule has 0 spiro atoms. The molecule has 34 heavy (non-hydrogen) atoms. The third-order valence-corrected chi connectivity index (χ3v) is 4.90. The van der Waals surface area contributed by atoms with Crippen LogP contribution in [-0.4, -0.2) is 60.7 Å². The molecule has 182 valence electrons.